The van der Waals surface area contributed by atoms with Crippen molar-refractivity contribution >= 4 is 34.8 Å². The van der Waals surface area contributed by atoms with Crippen molar-refractivity contribution in [3.05, 3.63) is 29.3 Å². The third-order valence-electron chi connectivity index (χ3n) is 4.01. The maximum atomic E-state index is 12.7. The monoisotopic (exact) mass is 387 g/mol. The molecule has 6 heteroatoms. The summed E-state index contributed by atoms with van der Waals surface area (Å²) in [4.78, 5) is 16.6. The third-order valence-corrected chi connectivity index (χ3v) is 4.45. The van der Waals surface area contributed by atoms with E-state index in [0.717, 1.165) is 37.9 Å². The van der Waals surface area contributed by atoms with Crippen molar-refractivity contribution in [3.8, 4) is 0 Å². The van der Waals surface area contributed by atoms with Crippen LogP contribution in [-0.2, 0) is 4.79 Å². The lowest BCUT2D eigenvalue weighted by Gasteiger charge is -2.42. The highest BCUT2D eigenvalue weighted by Crippen LogP contribution is 2.37. The molecule has 25 heavy (non-hydrogen) atoms. The van der Waals surface area contributed by atoms with Crippen LogP contribution in [0.5, 0.6) is 0 Å². The van der Waals surface area contributed by atoms with Crippen LogP contribution in [0.4, 0.5) is 5.69 Å². The second kappa shape index (κ2) is 11.0. The lowest BCUT2D eigenvalue weighted by atomic mass is 10.0. The van der Waals surface area contributed by atoms with Gasteiger partial charge in [-0.25, -0.2) is 0 Å². The molecule has 0 heterocycles. The first kappa shape index (κ1) is 22.2. The number of anilines is 1. The Kier molecular flexibility index (Phi) is 9.80. The molecular formula is C19H31Cl2N3O. The largest absolute Gasteiger partial charge is 0.312 e. The molecule has 1 aliphatic rings. The SMILES string of the molecule is CCNC1(N(C(=O)CCCl)c2ccc(Cl)cc2)CCCC1.CN(C)C. The first-order chi connectivity index (χ1) is 11.9. The average molecular weight is 388 g/mol. The molecule has 0 unspecified atom stereocenters. The van der Waals surface area contributed by atoms with Crippen LogP contribution >= 0.6 is 23.2 Å². The summed E-state index contributed by atoms with van der Waals surface area (Å²) < 4.78 is 0. The second-order valence-electron chi connectivity index (χ2n) is 6.76. The summed E-state index contributed by atoms with van der Waals surface area (Å²) in [5, 5.41) is 4.21. The van der Waals surface area contributed by atoms with Crippen molar-refractivity contribution in [1.82, 2.24) is 10.2 Å². The zero-order valence-electron chi connectivity index (χ0n) is 15.8. The van der Waals surface area contributed by atoms with Crippen LogP contribution in [0.2, 0.25) is 5.02 Å². The molecule has 0 spiro atoms. The molecule has 1 saturated carbocycles. The topological polar surface area (TPSA) is 35.6 Å². The molecule has 0 radical (unpaired) electrons. The summed E-state index contributed by atoms with van der Waals surface area (Å²) in [6.45, 7) is 2.91. The van der Waals surface area contributed by atoms with E-state index < -0.39 is 0 Å². The number of nitrogens with zero attached hydrogens (tertiary/aromatic N) is 2. The van der Waals surface area contributed by atoms with Gasteiger partial charge >= 0.3 is 0 Å². The quantitative estimate of drug-likeness (QED) is 0.581. The molecule has 1 aromatic carbocycles. The standard InChI is InChI=1S/C16H22Cl2N2O.C3H9N/c1-2-19-16(10-3-4-11-16)20(15(21)9-12-17)14-7-5-13(18)6-8-14;1-4(2)3/h5-8,19H,2-4,9-12H2,1H3;1-3H3. The van der Waals surface area contributed by atoms with E-state index in [9.17, 15) is 4.79 Å². The highest BCUT2D eigenvalue weighted by molar-refractivity contribution is 6.30. The molecule has 2 rings (SSSR count). The first-order valence-corrected chi connectivity index (χ1v) is 9.78. The number of rotatable bonds is 6. The van der Waals surface area contributed by atoms with E-state index in [1.165, 1.54) is 0 Å². The van der Waals surface area contributed by atoms with Gasteiger partial charge in [-0.1, -0.05) is 18.5 Å². The minimum Gasteiger partial charge on any atom is -0.312 e. The molecule has 1 amide bonds. The van der Waals surface area contributed by atoms with Gasteiger partial charge < -0.3 is 4.90 Å². The lowest BCUT2D eigenvalue weighted by molar-refractivity contribution is -0.119. The van der Waals surface area contributed by atoms with Crippen LogP contribution in [0, 0.1) is 0 Å². The number of hydrogen-bond donors (Lipinski definition) is 1. The molecule has 142 valence electrons. The second-order valence-corrected chi connectivity index (χ2v) is 7.57. The van der Waals surface area contributed by atoms with Gasteiger partial charge in [0.2, 0.25) is 5.91 Å². The number of hydrogen-bond acceptors (Lipinski definition) is 3. The zero-order chi connectivity index (χ0) is 18.9. The van der Waals surface area contributed by atoms with Gasteiger partial charge in [-0.05, 0) is 77.6 Å². The van der Waals surface area contributed by atoms with Gasteiger partial charge in [0.25, 0.3) is 0 Å². The third kappa shape index (κ3) is 6.78. The normalized spacial score (nSPS) is 15.6. The molecule has 1 aliphatic carbocycles. The van der Waals surface area contributed by atoms with E-state index in [4.69, 9.17) is 23.2 Å². The van der Waals surface area contributed by atoms with Gasteiger partial charge in [0, 0.05) is 23.0 Å². The summed E-state index contributed by atoms with van der Waals surface area (Å²) in [5.41, 5.74) is 0.600. The van der Waals surface area contributed by atoms with Gasteiger partial charge in [-0.15, -0.1) is 11.6 Å². The Morgan fingerprint density at radius 3 is 2.12 bits per heavy atom. The smallest absolute Gasteiger partial charge is 0.229 e. The summed E-state index contributed by atoms with van der Waals surface area (Å²) >= 11 is 11.8. The number of benzene rings is 1. The van der Waals surface area contributed by atoms with Crippen molar-refractivity contribution in [2.24, 2.45) is 0 Å². The number of carbonyl (C=O) groups is 1. The van der Waals surface area contributed by atoms with Crippen LogP contribution < -0.4 is 10.2 Å². The Bertz CT molecular complexity index is 511. The number of alkyl halides is 1. The van der Waals surface area contributed by atoms with Gasteiger partial charge in [-0.2, -0.15) is 0 Å². The van der Waals surface area contributed by atoms with E-state index in [1.807, 2.05) is 55.2 Å². The summed E-state index contributed by atoms with van der Waals surface area (Å²) in [6.07, 6.45) is 4.54. The molecule has 1 aromatic rings. The van der Waals surface area contributed by atoms with Gasteiger partial charge in [0.05, 0.1) is 5.66 Å². The molecule has 4 nitrogen and oxygen atoms in total. The van der Waals surface area contributed by atoms with E-state index >= 15 is 0 Å². The summed E-state index contributed by atoms with van der Waals surface area (Å²) in [7, 11) is 6.00. The van der Waals surface area contributed by atoms with Gasteiger partial charge in [0.1, 0.15) is 0 Å². The van der Waals surface area contributed by atoms with Crippen molar-refractivity contribution in [2.75, 3.05) is 38.5 Å². The predicted octanol–water partition coefficient (Wildman–Crippen LogP) is 4.36. The predicted molar refractivity (Wildman–Crippen MR) is 109 cm³/mol. The molecular weight excluding hydrogens is 357 g/mol. The minimum atomic E-state index is -0.286. The number of nitrogens with one attached hydrogen (secondary N) is 1. The Balaban J connectivity index is 0.000000705. The molecule has 0 saturated heterocycles. The lowest BCUT2D eigenvalue weighted by Crippen LogP contribution is -2.60. The fourth-order valence-electron chi connectivity index (χ4n) is 3.18. The molecule has 0 aliphatic heterocycles. The molecule has 1 N–H and O–H groups in total. The summed E-state index contributed by atoms with van der Waals surface area (Å²) in [5.74, 6) is 0.403. The van der Waals surface area contributed by atoms with Crippen molar-refractivity contribution < 1.29 is 4.79 Å². The fourth-order valence-corrected chi connectivity index (χ4v) is 3.47. The highest BCUT2D eigenvalue weighted by Gasteiger charge is 2.42. The van der Waals surface area contributed by atoms with Crippen LogP contribution in [0.1, 0.15) is 39.0 Å². The highest BCUT2D eigenvalue weighted by atomic mass is 35.5. The van der Waals surface area contributed by atoms with E-state index in [0.29, 0.717) is 17.3 Å². The van der Waals surface area contributed by atoms with Crippen molar-refractivity contribution in [1.29, 1.82) is 0 Å². The van der Waals surface area contributed by atoms with Crippen LogP contribution in [-0.4, -0.2) is 50.0 Å². The number of halogens is 2. The molecule has 0 bridgehead atoms. The van der Waals surface area contributed by atoms with E-state index in [-0.39, 0.29) is 11.6 Å². The minimum absolute atomic E-state index is 0.0650. The van der Waals surface area contributed by atoms with Crippen molar-refractivity contribution in [3.63, 3.8) is 0 Å². The molecule has 0 atom stereocenters. The average Bonchev–Trinajstić information content (AvgIpc) is 2.99. The molecule has 0 aromatic heterocycles. The summed E-state index contributed by atoms with van der Waals surface area (Å²) in [6, 6.07) is 7.47. The first-order valence-electron chi connectivity index (χ1n) is 8.87. The number of amides is 1. The fraction of sp³-hybridized carbons (Fsp3) is 0.632. The Morgan fingerprint density at radius 2 is 1.68 bits per heavy atom. The van der Waals surface area contributed by atoms with Crippen LogP contribution in [0.25, 0.3) is 0 Å². The molecule has 1 fully saturated rings. The zero-order valence-corrected chi connectivity index (χ0v) is 17.3. The van der Waals surface area contributed by atoms with Crippen LogP contribution in [0.15, 0.2) is 24.3 Å². The van der Waals surface area contributed by atoms with Gasteiger partial charge in [0.15, 0.2) is 0 Å². The maximum Gasteiger partial charge on any atom is 0.229 e. The van der Waals surface area contributed by atoms with Gasteiger partial charge in [-0.3, -0.25) is 15.0 Å². The van der Waals surface area contributed by atoms with Crippen LogP contribution in [0.3, 0.4) is 0 Å². The Labute approximate surface area is 162 Å². The maximum absolute atomic E-state index is 12.7. The van der Waals surface area contributed by atoms with Crippen molar-refractivity contribution in [2.45, 2.75) is 44.7 Å². The van der Waals surface area contributed by atoms with E-state index in [2.05, 4.69) is 12.2 Å². The number of carbonyl (C=O) groups excluding carboxylic acids is 1. The Hall–Kier alpha value is -0.810. The Morgan fingerprint density at radius 1 is 1.16 bits per heavy atom. The van der Waals surface area contributed by atoms with E-state index in [1.54, 1.807) is 0 Å².